The van der Waals surface area contributed by atoms with Crippen molar-refractivity contribution >= 4 is 14.1 Å². The maximum absolute atomic E-state index is 4.11. The molecule has 0 unspecified atom stereocenters. The number of H-pyrrole nitrogens is 1. The fourth-order valence-corrected chi connectivity index (χ4v) is 1.43. The molecule has 0 amide bonds. The molecule has 1 heterocycles. The van der Waals surface area contributed by atoms with Crippen LogP contribution in [-0.4, -0.2) is 18.8 Å². The first-order valence-electron chi connectivity index (χ1n) is 3.02. The monoisotopic (exact) mass is 139 g/mol. The van der Waals surface area contributed by atoms with Crippen LogP contribution in [0.3, 0.4) is 0 Å². The first-order valence-corrected chi connectivity index (χ1v) is 5.52. The Labute approximate surface area is 56.9 Å². The predicted molar refractivity (Wildman–Crippen MR) is 40.4 cm³/mol. The summed E-state index contributed by atoms with van der Waals surface area (Å²) in [5.41, 5.74) is 0. The van der Waals surface area contributed by atoms with Gasteiger partial charge < -0.3 is 4.98 Å². The molecular formula is C6H11N2Si. The highest BCUT2D eigenvalue weighted by Gasteiger charge is 2.01. The van der Waals surface area contributed by atoms with Crippen molar-refractivity contribution in [3.05, 3.63) is 12.0 Å². The molecule has 0 saturated heterocycles. The van der Waals surface area contributed by atoms with E-state index in [-0.39, 0.29) is 8.80 Å². The summed E-state index contributed by atoms with van der Waals surface area (Å²) in [6, 6.07) is 0. The van der Waals surface area contributed by atoms with E-state index in [4.69, 9.17) is 0 Å². The fourth-order valence-electron chi connectivity index (χ4n) is 0.675. The van der Waals surface area contributed by atoms with Gasteiger partial charge in [0.1, 0.15) is 14.6 Å². The lowest BCUT2D eigenvalue weighted by molar-refractivity contribution is 1.16. The highest BCUT2D eigenvalue weighted by Crippen LogP contribution is 1.84. The van der Waals surface area contributed by atoms with Crippen molar-refractivity contribution in [2.24, 2.45) is 0 Å². The summed E-state index contributed by atoms with van der Waals surface area (Å²) in [7, 11) is -0.309. The number of rotatable bonds is 1. The van der Waals surface area contributed by atoms with E-state index in [1.165, 1.54) is 5.32 Å². The number of aromatic nitrogens is 2. The smallest absolute Gasteiger partial charge is 0.103 e. The third kappa shape index (κ3) is 1.42. The lowest BCUT2D eigenvalue weighted by atomic mass is 10.8. The minimum atomic E-state index is -0.309. The Morgan fingerprint density at radius 2 is 2.22 bits per heavy atom. The molecule has 49 valence electrons. The van der Waals surface area contributed by atoms with Gasteiger partial charge in [0.25, 0.3) is 0 Å². The molecule has 0 aromatic carbocycles. The van der Waals surface area contributed by atoms with Crippen LogP contribution in [0.4, 0.5) is 0 Å². The zero-order valence-electron chi connectivity index (χ0n) is 6.02. The van der Waals surface area contributed by atoms with Gasteiger partial charge in [-0.15, -0.1) is 0 Å². The van der Waals surface area contributed by atoms with Gasteiger partial charge in [0.2, 0.25) is 0 Å². The quantitative estimate of drug-likeness (QED) is 0.569. The molecule has 1 N–H and O–H groups in total. The van der Waals surface area contributed by atoms with Crippen LogP contribution in [0.5, 0.6) is 0 Å². The van der Waals surface area contributed by atoms with E-state index < -0.39 is 0 Å². The van der Waals surface area contributed by atoms with Crippen LogP contribution >= 0.6 is 0 Å². The number of hydrogen-bond donors (Lipinski definition) is 1. The Hall–Kier alpha value is -0.573. The van der Waals surface area contributed by atoms with Gasteiger partial charge in [-0.25, -0.2) is 4.98 Å². The molecule has 0 fully saturated rings. The summed E-state index contributed by atoms with van der Waals surface area (Å²) in [6.07, 6.45) is 1.93. The lowest BCUT2D eigenvalue weighted by Gasteiger charge is -1.93. The first kappa shape index (κ1) is 6.55. The van der Waals surface area contributed by atoms with E-state index in [1.807, 2.05) is 13.1 Å². The summed E-state index contributed by atoms with van der Waals surface area (Å²) in [5.74, 6) is 1.02. The Balaban J connectivity index is 2.85. The van der Waals surface area contributed by atoms with Crippen LogP contribution in [0, 0.1) is 6.92 Å². The van der Waals surface area contributed by atoms with Gasteiger partial charge in [-0.05, 0) is 6.92 Å². The van der Waals surface area contributed by atoms with E-state index >= 15 is 0 Å². The molecule has 1 aromatic heterocycles. The summed E-state index contributed by atoms with van der Waals surface area (Å²) in [4.78, 5) is 7.32. The second-order valence-electron chi connectivity index (χ2n) is 2.38. The molecule has 1 aromatic rings. The second kappa shape index (κ2) is 2.35. The summed E-state index contributed by atoms with van der Waals surface area (Å²) in [6.45, 7) is 6.48. The first-order chi connectivity index (χ1) is 4.20. The van der Waals surface area contributed by atoms with Gasteiger partial charge in [-0.1, -0.05) is 13.1 Å². The topological polar surface area (TPSA) is 28.7 Å². The molecule has 1 radical (unpaired) electrons. The van der Waals surface area contributed by atoms with E-state index in [9.17, 15) is 0 Å². The molecule has 3 heteroatoms. The Morgan fingerprint density at radius 3 is 2.44 bits per heavy atom. The highest BCUT2D eigenvalue weighted by molar-refractivity contribution is 6.69. The number of aryl methyl sites for hydroxylation is 1. The number of imidazole rings is 1. The van der Waals surface area contributed by atoms with Gasteiger partial charge in [0.05, 0.1) is 0 Å². The molecule has 2 nitrogen and oxygen atoms in total. The average Bonchev–Trinajstić information content (AvgIpc) is 2.14. The van der Waals surface area contributed by atoms with Gasteiger partial charge >= 0.3 is 0 Å². The minimum Gasteiger partial charge on any atom is -0.350 e. The van der Waals surface area contributed by atoms with Crippen LogP contribution in [0.1, 0.15) is 5.82 Å². The maximum Gasteiger partial charge on any atom is 0.103 e. The number of nitrogens with zero attached hydrogens (tertiary/aromatic N) is 1. The Kier molecular flexibility index (Phi) is 1.71. The molecule has 0 aliphatic heterocycles. The van der Waals surface area contributed by atoms with Gasteiger partial charge in [0, 0.05) is 11.5 Å². The molecule has 0 aliphatic rings. The zero-order valence-corrected chi connectivity index (χ0v) is 7.02. The van der Waals surface area contributed by atoms with Crippen molar-refractivity contribution in [3.8, 4) is 0 Å². The maximum atomic E-state index is 4.11. The summed E-state index contributed by atoms with van der Waals surface area (Å²) >= 11 is 0. The van der Waals surface area contributed by atoms with E-state index in [1.54, 1.807) is 0 Å². The molecule has 1 rings (SSSR count). The van der Waals surface area contributed by atoms with Crippen LogP contribution in [0.2, 0.25) is 13.1 Å². The van der Waals surface area contributed by atoms with Crippen LogP contribution < -0.4 is 5.32 Å². The largest absolute Gasteiger partial charge is 0.350 e. The molecule has 0 atom stereocenters. The molecular weight excluding hydrogens is 128 g/mol. The fraction of sp³-hybridized carbons (Fsp3) is 0.500. The predicted octanol–water partition coefficient (Wildman–Crippen LogP) is 0.680. The normalized spacial score (nSPS) is 10.7. The standard InChI is InChI=1S/C6H11N2Si/c1-5-7-4-6(8-5)9(2)3/h4H,1-3H3,(H,7,8). The van der Waals surface area contributed by atoms with Crippen molar-refractivity contribution in [2.75, 3.05) is 0 Å². The summed E-state index contributed by atoms with van der Waals surface area (Å²) in [5, 5.41) is 1.32. The van der Waals surface area contributed by atoms with Crippen LogP contribution in [0.25, 0.3) is 0 Å². The third-order valence-electron chi connectivity index (χ3n) is 1.24. The molecule has 0 bridgehead atoms. The van der Waals surface area contributed by atoms with Crippen LogP contribution in [0.15, 0.2) is 6.20 Å². The number of nitrogens with one attached hydrogen (secondary N) is 1. The number of aromatic amines is 1. The van der Waals surface area contributed by atoms with Crippen molar-refractivity contribution in [1.82, 2.24) is 9.97 Å². The molecule has 9 heavy (non-hydrogen) atoms. The van der Waals surface area contributed by atoms with Crippen molar-refractivity contribution in [1.29, 1.82) is 0 Å². The van der Waals surface area contributed by atoms with Crippen molar-refractivity contribution in [2.45, 2.75) is 20.0 Å². The van der Waals surface area contributed by atoms with Gasteiger partial charge in [-0.3, -0.25) is 0 Å². The van der Waals surface area contributed by atoms with E-state index in [0.717, 1.165) is 5.82 Å². The minimum absolute atomic E-state index is 0.309. The zero-order chi connectivity index (χ0) is 6.85. The SMILES string of the molecule is Cc1ncc([Si](C)C)[nH]1. The van der Waals surface area contributed by atoms with Crippen molar-refractivity contribution in [3.63, 3.8) is 0 Å². The number of hydrogen-bond acceptors (Lipinski definition) is 1. The second-order valence-corrected chi connectivity index (χ2v) is 4.92. The van der Waals surface area contributed by atoms with Gasteiger partial charge in [0.15, 0.2) is 0 Å². The molecule has 0 aliphatic carbocycles. The van der Waals surface area contributed by atoms with Gasteiger partial charge in [-0.2, -0.15) is 0 Å². The third-order valence-corrected chi connectivity index (χ3v) is 2.57. The van der Waals surface area contributed by atoms with Crippen LogP contribution in [-0.2, 0) is 0 Å². The van der Waals surface area contributed by atoms with E-state index in [0.29, 0.717) is 0 Å². The summed E-state index contributed by atoms with van der Waals surface area (Å²) < 4.78 is 0. The Morgan fingerprint density at radius 1 is 1.56 bits per heavy atom. The van der Waals surface area contributed by atoms with E-state index in [2.05, 4.69) is 23.1 Å². The van der Waals surface area contributed by atoms with Crippen molar-refractivity contribution < 1.29 is 0 Å². The average molecular weight is 139 g/mol. The molecule has 0 saturated carbocycles. The highest BCUT2D eigenvalue weighted by atomic mass is 28.3. The lowest BCUT2D eigenvalue weighted by Crippen LogP contribution is -2.23. The Bertz CT molecular complexity index is 193. The molecule has 0 spiro atoms.